The molecule has 0 bridgehead atoms. The Bertz CT molecular complexity index is 337. The lowest BCUT2D eigenvalue weighted by atomic mass is 10.2. The van der Waals surface area contributed by atoms with Gasteiger partial charge in [0.25, 0.3) is 0 Å². The van der Waals surface area contributed by atoms with E-state index in [1.54, 1.807) is 16.7 Å². The summed E-state index contributed by atoms with van der Waals surface area (Å²) in [5, 5.41) is 8.50. The molecule has 1 saturated heterocycles. The normalized spacial score (nSPS) is 15.2. The molecule has 0 saturated carbocycles. The van der Waals surface area contributed by atoms with Gasteiger partial charge in [0.1, 0.15) is 0 Å². The van der Waals surface area contributed by atoms with Gasteiger partial charge in [-0.1, -0.05) is 0 Å². The van der Waals surface area contributed by atoms with Crippen molar-refractivity contribution in [3.8, 4) is 0 Å². The van der Waals surface area contributed by atoms with Crippen molar-refractivity contribution in [2.45, 2.75) is 26.2 Å². The molecule has 1 rings (SSSR count). The van der Waals surface area contributed by atoms with Crippen LogP contribution in [-0.4, -0.2) is 65.7 Å². The van der Waals surface area contributed by atoms with E-state index in [1.807, 2.05) is 0 Å². The summed E-state index contributed by atoms with van der Waals surface area (Å²) in [7, 11) is 0. The van der Waals surface area contributed by atoms with E-state index in [2.05, 4.69) is 0 Å². The summed E-state index contributed by atoms with van der Waals surface area (Å²) in [6.45, 7) is 3.97. The third-order valence-corrected chi connectivity index (χ3v) is 2.94. The summed E-state index contributed by atoms with van der Waals surface area (Å²) in [5.74, 6) is -0.940. The molecular weight excluding hydrogens is 252 g/mol. The van der Waals surface area contributed by atoms with Gasteiger partial charge in [-0.2, -0.15) is 0 Å². The first kappa shape index (κ1) is 15.3. The van der Waals surface area contributed by atoms with Crippen LogP contribution in [-0.2, 0) is 14.3 Å². The lowest BCUT2D eigenvalue weighted by Gasteiger charge is -2.34. The Morgan fingerprint density at radius 1 is 1.05 bits per heavy atom. The molecule has 19 heavy (non-hydrogen) atoms. The zero-order chi connectivity index (χ0) is 14.3. The molecule has 0 aromatic carbocycles. The Hall–Kier alpha value is -1.79. The number of hydrogen-bond donors (Lipinski definition) is 1. The Labute approximate surface area is 112 Å². The van der Waals surface area contributed by atoms with Crippen molar-refractivity contribution < 1.29 is 24.2 Å². The second-order valence-electron chi connectivity index (χ2n) is 4.31. The molecule has 0 aromatic rings. The van der Waals surface area contributed by atoms with E-state index in [0.717, 1.165) is 0 Å². The van der Waals surface area contributed by atoms with Crippen molar-refractivity contribution in [1.29, 1.82) is 0 Å². The number of carboxylic acid groups (broad SMARTS) is 1. The van der Waals surface area contributed by atoms with Crippen LogP contribution in [0.25, 0.3) is 0 Å². The number of carbonyl (C=O) groups is 3. The Morgan fingerprint density at radius 3 is 2.16 bits per heavy atom. The minimum Gasteiger partial charge on any atom is -0.481 e. The molecule has 7 nitrogen and oxygen atoms in total. The molecule has 0 aliphatic carbocycles. The van der Waals surface area contributed by atoms with Crippen LogP contribution in [0.2, 0.25) is 0 Å². The van der Waals surface area contributed by atoms with Gasteiger partial charge in [-0.15, -0.1) is 0 Å². The fourth-order valence-electron chi connectivity index (χ4n) is 1.90. The molecule has 1 heterocycles. The van der Waals surface area contributed by atoms with E-state index in [1.165, 1.54) is 0 Å². The molecule has 108 valence electrons. The first-order valence-corrected chi connectivity index (χ1v) is 6.46. The molecule has 0 aromatic heterocycles. The maximum atomic E-state index is 11.8. The van der Waals surface area contributed by atoms with Gasteiger partial charge in [-0.3, -0.25) is 9.59 Å². The highest BCUT2D eigenvalue weighted by Gasteiger charge is 2.24. The van der Waals surface area contributed by atoms with E-state index in [9.17, 15) is 14.4 Å². The second kappa shape index (κ2) is 7.60. The average Bonchev–Trinajstić information content (AvgIpc) is 2.38. The molecule has 7 heteroatoms. The molecule has 1 aliphatic rings. The molecule has 0 radical (unpaired) electrons. The Morgan fingerprint density at radius 2 is 1.63 bits per heavy atom. The number of carbonyl (C=O) groups excluding carboxylic acids is 2. The minimum absolute atomic E-state index is 0.00846. The van der Waals surface area contributed by atoms with Gasteiger partial charge >= 0.3 is 12.1 Å². The lowest BCUT2D eigenvalue weighted by molar-refractivity contribution is -0.137. The zero-order valence-electron chi connectivity index (χ0n) is 11.1. The number of hydrogen-bond acceptors (Lipinski definition) is 4. The van der Waals surface area contributed by atoms with Gasteiger partial charge in [-0.05, 0) is 13.3 Å². The standard InChI is InChI=1S/C12H20N2O5/c1-2-19-12(18)14-8-6-13(7-9-14)10(15)4-3-5-11(16)17/h2-9H2,1H3,(H,16,17). The number of nitrogens with zero attached hydrogens (tertiary/aromatic N) is 2. The highest BCUT2D eigenvalue weighted by molar-refractivity contribution is 5.77. The van der Waals surface area contributed by atoms with Crippen molar-refractivity contribution in [2.24, 2.45) is 0 Å². The number of carboxylic acids is 1. The van der Waals surface area contributed by atoms with Crippen molar-refractivity contribution in [3.05, 3.63) is 0 Å². The summed E-state index contributed by atoms with van der Waals surface area (Å²) in [4.78, 5) is 36.8. The quantitative estimate of drug-likeness (QED) is 0.789. The fraction of sp³-hybridized carbons (Fsp3) is 0.750. The van der Waals surface area contributed by atoms with Crippen LogP contribution in [0, 0.1) is 0 Å². The summed E-state index contributed by atoms with van der Waals surface area (Å²) in [6.07, 6.45) is 0.257. The van der Waals surface area contributed by atoms with Crippen LogP contribution in [0.15, 0.2) is 0 Å². The molecule has 1 fully saturated rings. The van der Waals surface area contributed by atoms with Gasteiger partial charge in [0, 0.05) is 39.0 Å². The molecule has 0 spiro atoms. The van der Waals surface area contributed by atoms with Crippen LogP contribution >= 0.6 is 0 Å². The average molecular weight is 272 g/mol. The summed E-state index contributed by atoms with van der Waals surface area (Å²) in [5.41, 5.74) is 0. The van der Waals surface area contributed by atoms with Crippen molar-refractivity contribution in [1.82, 2.24) is 9.80 Å². The first-order valence-electron chi connectivity index (χ1n) is 6.46. The number of aliphatic carboxylic acids is 1. The second-order valence-corrected chi connectivity index (χ2v) is 4.31. The molecule has 2 amide bonds. The van der Waals surface area contributed by atoms with Crippen LogP contribution in [0.3, 0.4) is 0 Å². The van der Waals surface area contributed by atoms with Gasteiger partial charge in [0.2, 0.25) is 5.91 Å². The highest BCUT2D eigenvalue weighted by Crippen LogP contribution is 2.07. The van der Waals surface area contributed by atoms with Crippen molar-refractivity contribution >= 4 is 18.0 Å². The number of rotatable bonds is 5. The molecule has 1 N–H and O–H groups in total. The van der Waals surface area contributed by atoms with Crippen molar-refractivity contribution in [3.63, 3.8) is 0 Å². The van der Waals surface area contributed by atoms with Crippen LogP contribution in [0.1, 0.15) is 26.2 Å². The van der Waals surface area contributed by atoms with E-state index in [0.29, 0.717) is 39.2 Å². The van der Waals surface area contributed by atoms with Gasteiger partial charge < -0.3 is 19.6 Å². The third kappa shape index (κ3) is 5.15. The maximum absolute atomic E-state index is 11.8. The summed E-state index contributed by atoms with van der Waals surface area (Å²) < 4.78 is 4.89. The van der Waals surface area contributed by atoms with Gasteiger partial charge in [0.15, 0.2) is 0 Å². The van der Waals surface area contributed by atoms with Gasteiger partial charge in [-0.25, -0.2) is 4.79 Å². The largest absolute Gasteiger partial charge is 0.481 e. The van der Waals surface area contributed by atoms with E-state index >= 15 is 0 Å². The van der Waals surface area contributed by atoms with Gasteiger partial charge in [0.05, 0.1) is 6.61 Å². The minimum atomic E-state index is -0.889. The monoisotopic (exact) mass is 272 g/mol. The van der Waals surface area contributed by atoms with E-state index < -0.39 is 5.97 Å². The third-order valence-electron chi connectivity index (χ3n) is 2.94. The molecule has 0 atom stereocenters. The van der Waals surface area contributed by atoms with E-state index in [4.69, 9.17) is 9.84 Å². The zero-order valence-corrected chi connectivity index (χ0v) is 11.1. The smallest absolute Gasteiger partial charge is 0.409 e. The van der Waals surface area contributed by atoms with Crippen LogP contribution < -0.4 is 0 Å². The van der Waals surface area contributed by atoms with Crippen molar-refractivity contribution in [2.75, 3.05) is 32.8 Å². The number of amides is 2. The Balaban J connectivity index is 2.27. The van der Waals surface area contributed by atoms with Crippen LogP contribution in [0.4, 0.5) is 4.79 Å². The highest BCUT2D eigenvalue weighted by atomic mass is 16.6. The predicted molar refractivity (Wildman–Crippen MR) is 66.7 cm³/mol. The summed E-state index contributed by atoms with van der Waals surface area (Å²) >= 11 is 0. The predicted octanol–water partition coefficient (Wildman–Crippen LogP) is 0.542. The first-order chi connectivity index (χ1) is 9.04. The summed E-state index contributed by atoms with van der Waals surface area (Å²) in [6, 6.07) is 0. The SMILES string of the molecule is CCOC(=O)N1CCN(C(=O)CCCC(=O)O)CC1. The Kier molecular flexibility index (Phi) is 6.11. The van der Waals surface area contributed by atoms with Crippen LogP contribution in [0.5, 0.6) is 0 Å². The fourth-order valence-corrected chi connectivity index (χ4v) is 1.90. The topological polar surface area (TPSA) is 87.2 Å². The molecule has 1 aliphatic heterocycles. The lowest BCUT2D eigenvalue weighted by Crippen LogP contribution is -2.50. The molecular formula is C12H20N2O5. The maximum Gasteiger partial charge on any atom is 0.409 e. The number of piperazine rings is 1. The van der Waals surface area contributed by atoms with E-state index in [-0.39, 0.29) is 24.8 Å². The number of ether oxygens (including phenoxy) is 1. The molecule has 0 unspecified atom stereocenters.